The largest absolute Gasteiger partial charge is 0.500 e. The Morgan fingerprint density at radius 1 is 1.47 bits per heavy atom. The lowest BCUT2D eigenvalue weighted by Crippen LogP contribution is -2.29. The lowest BCUT2D eigenvalue weighted by molar-refractivity contribution is -0.137. The van der Waals surface area contributed by atoms with Gasteiger partial charge >= 0.3 is 12.1 Å². The molecule has 19 heavy (non-hydrogen) atoms. The van der Waals surface area contributed by atoms with Gasteiger partial charge in [0, 0.05) is 18.9 Å². The van der Waals surface area contributed by atoms with Crippen molar-refractivity contribution in [2.24, 2.45) is 11.8 Å². The zero-order chi connectivity index (χ0) is 13.8. The first kappa shape index (κ1) is 13.5. The number of hydrogen-bond donors (Lipinski definition) is 1. The number of ether oxygens (including phenoxy) is 3. The molecule has 2 unspecified atom stereocenters. The van der Waals surface area contributed by atoms with Crippen molar-refractivity contribution in [3.63, 3.8) is 0 Å². The standard InChI is InChI=1S/C13H17NO5/c1-14-13(16)19-5-8-3-4-9-10(8)6-18-7-11(9)12(15)17-2/h3,7,9-10H,4-6H2,1-2H3,(H,14,16). The minimum absolute atomic E-state index is 0.0597. The van der Waals surface area contributed by atoms with E-state index in [0.29, 0.717) is 12.2 Å². The highest BCUT2D eigenvalue weighted by Gasteiger charge is 2.38. The van der Waals surface area contributed by atoms with Crippen LogP contribution < -0.4 is 5.32 Å². The van der Waals surface area contributed by atoms with Gasteiger partial charge in [-0.05, 0) is 12.0 Å². The molecule has 0 saturated carbocycles. The van der Waals surface area contributed by atoms with Gasteiger partial charge < -0.3 is 19.5 Å². The monoisotopic (exact) mass is 267 g/mol. The van der Waals surface area contributed by atoms with Gasteiger partial charge in [0.1, 0.15) is 6.61 Å². The normalized spacial score (nSPS) is 24.5. The van der Waals surface area contributed by atoms with E-state index in [1.807, 2.05) is 6.08 Å². The van der Waals surface area contributed by atoms with E-state index < -0.39 is 6.09 Å². The van der Waals surface area contributed by atoms with E-state index in [0.717, 1.165) is 12.0 Å². The van der Waals surface area contributed by atoms with Gasteiger partial charge in [-0.3, -0.25) is 0 Å². The molecule has 104 valence electrons. The highest BCUT2D eigenvalue weighted by Crippen LogP contribution is 2.40. The first-order valence-electron chi connectivity index (χ1n) is 6.10. The van der Waals surface area contributed by atoms with Crippen molar-refractivity contribution < 1.29 is 23.8 Å². The number of amides is 1. The third kappa shape index (κ3) is 2.72. The molecule has 1 aliphatic heterocycles. The maximum atomic E-state index is 11.6. The smallest absolute Gasteiger partial charge is 0.407 e. The van der Waals surface area contributed by atoms with Gasteiger partial charge in [0.05, 0.1) is 25.6 Å². The fraction of sp³-hybridized carbons (Fsp3) is 0.538. The lowest BCUT2D eigenvalue weighted by Gasteiger charge is -2.27. The predicted octanol–water partition coefficient (Wildman–Crippen LogP) is 0.992. The van der Waals surface area contributed by atoms with E-state index in [9.17, 15) is 9.59 Å². The van der Waals surface area contributed by atoms with Crippen molar-refractivity contribution in [1.29, 1.82) is 0 Å². The van der Waals surface area contributed by atoms with Crippen molar-refractivity contribution >= 4 is 12.1 Å². The molecule has 0 spiro atoms. The van der Waals surface area contributed by atoms with Gasteiger partial charge in [-0.1, -0.05) is 6.08 Å². The maximum absolute atomic E-state index is 11.6. The van der Waals surface area contributed by atoms with Crippen LogP contribution in [-0.2, 0) is 19.0 Å². The van der Waals surface area contributed by atoms with E-state index in [1.54, 1.807) is 0 Å². The number of methoxy groups -OCH3 is 1. The van der Waals surface area contributed by atoms with Crippen LogP contribution in [-0.4, -0.2) is 39.4 Å². The van der Waals surface area contributed by atoms with Gasteiger partial charge in [-0.2, -0.15) is 0 Å². The summed E-state index contributed by atoms with van der Waals surface area (Å²) in [4.78, 5) is 22.7. The number of nitrogens with one attached hydrogen (secondary N) is 1. The van der Waals surface area contributed by atoms with Crippen molar-refractivity contribution in [2.45, 2.75) is 6.42 Å². The highest BCUT2D eigenvalue weighted by molar-refractivity contribution is 5.89. The van der Waals surface area contributed by atoms with Gasteiger partial charge in [-0.25, -0.2) is 9.59 Å². The molecule has 2 aliphatic rings. The average molecular weight is 267 g/mol. The van der Waals surface area contributed by atoms with Gasteiger partial charge in [0.2, 0.25) is 0 Å². The summed E-state index contributed by atoms with van der Waals surface area (Å²) in [5.41, 5.74) is 1.54. The van der Waals surface area contributed by atoms with Crippen molar-refractivity contribution in [3.8, 4) is 0 Å². The molecule has 0 bridgehead atoms. The van der Waals surface area contributed by atoms with Crippen LogP contribution in [0.1, 0.15) is 6.42 Å². The quantitative estimate of drug-likeness (QED) is 0.610. The van der Waals surface area contributed by atoms with Crippen molar-refractivity contribution in [1.82, 2.24) is 5.32 Å². The number of fused-ring (bicyclic) bond motifs is 1. The Morgan fingerprint density at radius 3 is 2.95 bits per heavy atom. The van der Waals surface area contributed by atoms with Gasteiger partial charge in [0.25, 0.3) is 0 Å². The van der Waals surface area contributed by atoms with Crippen LogP contribution in [0, 0.1) is 11.8 Å². The minimum Gasteiger partial charge on any atom is -0.500 e. The molecule has 0 saturated heterocycles. The van der Waals surface area contributed by atoms with Crippen LogP contribution in [0.5, 0.6) is 0 Å². The summed E-state index contributed by atoms with van der Waals surface area (Å²) in [7, 11) is 2.86. The fourth-order valence-corrected chi connectivity index (χ4v) is 2.45. The topological polar surface area (TPSA) is 73.9 Å². The lowest BCUT2D eigenvalue weighted by atomic mass is 9.85. The molecule has 0 aromatic heterocycles. The minimum atomic E-state index is -0.468. The molecule has 1 aliphatic carbocycles. The number of esters is 1. The summed E-state index contributed by atoms with van der Waals surface area (Å²) in [6.45, 7) is 0.715. The predicted molar refractivity (Wildman–Crippen MR) is 66.1 cm³/mol. The number of alkyl carbamates (subject to hydrolysis) is 1. The van der Waals surface area contributed by atoms with Crippen molar-refractivity contribution in [2.75, 3.05) is 27.4 Å². The van der Waals surface area contributed by atoms with Crippen molar-refractivity contribution in [3.05, 3.63) is 23.5 Å². The highest BCUT2D eigenvalue weighted by atomic mass is 16.5. The molecule has 6 nitrogen and oxygen atoms in total. The molecule has 0 aromatic carbocycles. The molecule has 0 radical (unpaired) electrons. The first-order valence-corrected chi connectivity index (χ1v) is 6.10. The Balaban J connectivity index is 2.00. The maximum Gasteiger partial charge on any atom is 0.407 e. The number of carbonyl (C=O) groups excluding carboxylic acids is 2. The summed E-state index contributed by atoms with van der Waals surface area (Å²) in [5.74, 6) is -0.232. The molecule has 1 amide bonds. The fourth-order valence-electron chi connectivity index (χ4n) is 2.45. The number of allylic oxidation sites excluding steroid dienone is 1. The molecule has 2 rings (SSSR count). The third-order valence-corrected chi connectivity index (χ3v) is 3.48. The number of hydrogen-bond acceptors (Lipinski definition) is 5. The second-order valence-corrected chi connectivity index (χ2v) is 4.45. The number of carbonyl (C=O) groups is 2. The van der Waals surface area contributed by atoms with Crippen LogP contribution in [0.15, 0.2) is 23.5 Å². The average Bonchev–Trinajstić information content (AvgIpc) is 2.86. The van der Waals surface area contributed by atoms with E-state index in [2.05, 4.69) is 5.32 Å². The second-order valence-electron chi connectivity index (χ2n) is 4.45. The first-order chi connectivity index (χ1) is 9.17. The van der Waals surface area contributed by atoms with E-state index >= 15 is 0 Å². The summed E-state index contributed by atoms with van der Waals surface area (Å²) in [6, 6.07) is 0. The van der Waals surface area contributed by atoms with E-state index in [-0.39, 0.29) is 24.4 Å². The van der Waals surface area contributed by atoms with Crippen LogP contribution in [0.2, 0.25) is 0 Å². The van der Waals surface area contributed by atoms with Crippen LogP contribution in [0.3, 0.4) is 0 Å². The Bertz CT molecular complexity index is 440. The molecular formula is C13H17NO5. The zero-order valence-corrected chi connectivity index (χ0v) is 11.0. The summed E-state index contributed by atoms with van der Waals surface area (Å²) >= 11 is 0. The molecule has 0 aromatic rings. The molecule has 1 N–H and O–H groups in total. The van der Waals surface area contributed by atoms with Gasteiger partial charge in [0.15, 0.2) is 0 Å². The molecular weight excluding hydrogens is 250 g/mol. The number of rotatable bonds is 3. The summed E-state index contributed by atoms with van der Waals surface area (Å²) < 4.78 is 15.1. The van der Waals surface area contributed by atoms with Crippen LogP contribution in [0.4, 0.5) is 4.79 Å². The molecule has 6 heteroatoms. The zero-order valence-electron chi connectivity index (χ0n) is 11.0. The Kier molecular flexibility index (Phi) is 4.09. The Labute approximate surface area is 111 Å². The summed E-state index contributed by atoms with van der Waals surface area (Å²) in [6.07, 6.45) is 3.75. The van der Waals surface area contributed by atoms with E-state index in [4.69, 9.17) is 14.2 Å². The van der Waals surface area contributed by atoms with E-state index in [1.165, 1.54) is 20.4 Å². The molecule has 2 atom stereocenters. The summed E-state index contributed by atoms with van der Waals surface area (Å²) in [5, 5.41) is 2.39. The van der Waals surface area contributed by atoms with Gasteiger partial charge in [-0.15, -0.1) is 0 Å². The molecule has 1 heterocycles. The molecule has 0 fully saturated rings. The van der Waals surface area contributed by atoms with Crippen LogP contribution >= 0.6 is 0 Å². The SMILES string of the molecule is CNC(=O)OCC1=CCC2C(C(=O)OC)=COCC12. The second kappa shape index (κ2) is 5.77. The van der Waals surface area contributed by atoms with Crippen LogP contribution in [0.25, 0.3) is 0 Å². The Hall–Kier alpha value is -1.98. The Morgan fingerprint density at radius 2 is 2.26 bits per heavy atom. The third-order valence-electron chi connectivity index (χ3n) is 3.48.